The summed E-state index contributed by atoms with van der Waals surface area (Å²) in [6.45, 7) is 0.293. The van der Waals surface area contributed by atoms with Gasteiger partial charge >= 0.3 is 0 Å². The van der Waals surface area contributed by atoms with Gasteiger partial charge in [-0.15, -0.1) is 0 Å². The molecule has 8 heteroatoms. The van der Waals surface area contributed by atoms with Crippen LogP contribution in [0.25, 0.3) is 10.2 Å². The summed E-state index contributed by atoms with van der Waals surface area (Å²) < 4.78 is 15.8. The first-order chi connectivity index (χ1) is 12.6. The third-order valence-corrected chi connectivity index (χ3v) is 4.93. The van der Waals surface area contributed by atoms with E-state index in [1.807, 2.05) is 12.1 Å². The van der Waals surface area contributed by atoms with E-state index in [4.69, 9.17) is 0 Å². The molecule has 0 aliphatic rings. The molecule has 1 amide bonds. The average Bonchev–Trinajstić information content (AvgIpc) is 3.25. The van der Waals surface area contributed by atoms with Gasteiger partial charge in [-0.3, -0.25) is 14.7 Å². The summed E-state index contributed by atoms with van der Waals surface area (Å²) >= 11 is 1.27. The topological polar surface area (TPSA) is 63.9 Å². The van der Waals surface area contributed by atoms with Crippen LogP contribution in [0.2, 0.25) is 0 Å². The number of nitrogens with zero attached hydrogens (tertiary/aromatic N) is 5. The SMILES string of the molecule is Cn1ccnc1C(=O)N(Cc1cccnc1)c1nc2ccc(F)cc2s1. The molecule has 4 rings (SSSR count). The number of amides is 1. The fraction of sp³-hybridized carbons (Fsp3) is 0.111. The Morgan fingerprint density at radius 2 is 2.19 bits per heavy atom. The molecule has 0 atom stereocenters. The highest BCUT2D eigenvalue weighted by atomic mass is 32.1. The van der Waals surface area contributed by atoms with Gasteiger partial charge in [-0.1, -0.05) is 17.4 Å². The third-order valence-electron chi connectivity index (χ3n) is 3.89. The number of halogens is 1. The van der Waals surface area contributed by atoms with Crippen LogP contribution in [0.1, 0.15) is 16.2 Å². The van der Waals surface area contributed by atoms with Crippen molar-refractivity contribution in [2.24, 2.45) is 7.05 Å². The number of benzene rings is 1. The number of aromatic nitrogens is 4. The Morgan fingerprint density at radius 1 is 1.31 bits per heavy atom. The van der Waals surface area contributed by atoms with E-state index in [1.54, 1.807) is 47.4 Å². The Bertz CT molecular complexity index is 1080. The van der Waals surface area contributed by atoms with E-state index < -0.39 is 0 Å². The van der Waals surface area contributed by atoms with Gasteiger partial charge in [-0.25, -0.2) is 14.4 Å². The minimum Gasteiger partial charge on any atom is -0.330 e. The number of carbonyl (C=O) groups excluding carboxylic acids is 1. The average molecular weight is 367 g/mol. The molecule has 130 valence electrons. The molecular formula is C18H14FN5OS. The van der Waals surface area contributed by atoms with Crippen molar-refractivity contribution in [2.75, 3.05) is 4.90 Å². The second-order valence-electron chi connectivity index (χ2n) is 5.72. The Balaban J connectivity index is 1.78. The van der Waals surface area contributed by atoms with Crippen molar-refractivity contribution in [3.8, 4) is 0 Å². The molecule has 0 spiro atoms. The molecule has 0 N–H and O–H groups in total. The van der Waals surface area contributed by atoms with Crippen molar-refractivity contribution in [3.63, 3.8) is 0 Å². The Kier molecular flexibility index (Phi) is 4.18. The summed E-state index contributed by atoms with van der Waals surface area (Å²) in [7, 11) is 1.76. The van der Waals surface area contributed by atoms with Crippen LogP contribution in [0.3, 0.4) is 0 Å². The van der Waals surface area contributed by atoms with Gasteiger partial charge in [0.25, 0.3) is 5.91 Å². The summed E-state index contributed by atoms with van der Waals surface area (Å²) in [4.78, 5) is 27.4. The van der Waals surface area contributed by atoms with Crippen LogP contribution in [0.15, 0.2) is 55.1 Å². The maximum atomic E-state index is 13.5. The highest BCUT2D eigenvalue weighted by Crippen LogP contribution is 2.31. The monoisotopic (exact) mass is 367 g/mol. The molecule has 26 heavy (non-hydrogen) atoms. The zero-order valence-corrected chi connectivity index (χ0v) is 14.7. The van der Waals surface area contributed by atoms with E-state index in [1.165, 1.54) is 23.5 Å². The molecule has 0 bridgehead atoms. The van der Waals surface area contributed by atoms with Gasteiger partial charge < -0.3 is 4.57 Å². The molecular weight excluding hydrogens is 353 g/mol. The lowest BCUT2D eigenvalue weighted by molar-refractivity contribution is 0.0972. The number of rotatable bonds is 4. The normalized spacial score (nSPS) is 11.0. The molecule has 0 saturated heterocycles. The Morgan fingerprint density at radius 3 is 2.92 bits per heavy atom. The van der Waals surface area contributed by atoms with E-state index in [9.17, 15) is 9.18 Å². The summed E-state index contributed by atoms with van der Waals surface area (Å²) in [6, 6.07) is 8.09. The van der Waals surface area contributed by atoms with Crippen LogP contribution in [-0.2, 0) is 13.6 Å². The molecule has 1 aromatic carbocycles. The molecule has 0 saturated carbocycles. The van der Waals surface area contributed by atoms with E-state index >= 15 is 0 Å². The molecule has 0 radical (unpaired) electrons. The molecule has 0 unspecified atom stereocenters. The molecule has 0 fully saturated rings. The first kappa shape index (κ1) is 16.3. The van der Waals surface area contributed by atoms with Gasteiger partial charge in [-0.05, 0) is 29.8 Å². The lowest BCUT2D eigenvalue weighted by Gasteiger charge is -2.19. The number of anilines is 1. The van der Waals surface area contributed by atoms with Crippen molar-refractivity contribution in [2.45, 2.75) is 6.54 Å². The minimum absolute atomic E-state index is 0.277. The fourth-order valence-electron chi connectivity index (χ4n) is 2.59. The van der Waals surface area contributed by atoms with Crippen molar-refractivity contribution in [3.05, 3.63) is 72.3 Å². The second kappa shape index (κ2) is 6.64. The van der Waals surface area contributed by atoms with Gasteiger partial charge in [0.15, 0.2) is 11.0 Å². The number of hydrogen-bond donors (Lipinski definition) is 0. The summed E-state index contributed by atoms with van der Waals surface area (Å²) in [5, 5.41) is 0.488. The van der Waals surface area contributed by atoms with E-state index in [2.05, 4.69) is 15.0 Å². The van der Waals surface area contributed by atoms with Crippen LogP contribution in [0.4, 0.5) is 9.52 Å². The lowest BCUT2D eigenvalue weighted by Crippen LogP contribution is -2.32. The molecule has 0 aliphatic heterocycles. The van der Waals surface area contributed by atoms with Gasteiger partial charge in [0, 0.05) is 31.8 Å². The molecule has 6 nitrogen and oxygen atoms in total. The number of hydrogen-bond acceptors (Lipinski definition) is 5. The number of carbonyl (C=O) groups is 1. The number of thiazole rings is 1. The third kappa shape index (κ3) is 3.06. The number of aryl methyl sites for hydroxylation is 1. The van der Waals surface area contributed by atoms with Gasteiger partial charge in [0.1, 0.15) is 5.82 Å². The quantitative estimate of drug-likeness (QED) is 0.554. The molecule has 3 heterocycles. The van der Waals surface area contributed by atoms with E-state index in [-0.39, 0.29) is 11.7 Å². The van der Waals surface area contributed by atoms with Gasteiger partial charge in [0.05, 0.1) is 16.8 Å². The number of fused-ring (bicyclic) bond motifs is 1. The minimum atomic E-state index is -0.332. The zero-order chi connectivity index (χ0) is 18.1. The van der Waals surface area contributed by atoms with Crippen LogP contribution in [-0.4, -0.2) is 25.4 Å². The largest absolute Gasteiger partial charge is 0.330 e. The predicted molar refractivity (Wildman–Crippen MR) is 97.5 cm³/mol. The highest BCUT2D eigenvalue weighted by Gasteiger charge is 2.24. The first-order valence-corrected chi connectivity index (χ1v) is 8.67. The smallest absolute Gasteiger partial charge is 0.296 e. The van der Waals surface area contributed by atoms with Crippen LogP contribution < -0.4 is 4.90 Å². The van der Waals surface area contributed by atoms with Crippen molar-refractivity contribution in [1.82, 2.24) is 19.5 Å². The maximum absolute atomic E-state index is 13.5. The van der Waals surface area contributed by atoms with E-state index in [0.29, 0.717) is 27.7 Å². The highest BCUT2D eigenvalue weighted by molar-refractivity contribution is 7.22. The van der Waals surface area contributed by atoms with Crippen LogP contribution in [0, 0.1) is 5.82 Å². The van der Waals surface area contributed by atoms with Crippen LogP contribution >= 0.6 is 11.3 Å². The summed E-state index contributed by atoms with van der Waals surface area (Å²) in [5.41, 5.74) is 1.51. The zero-order valence-electron chi connectivity index (χ0n) is 13.8. The lowest BCUT2D eigenvalue weighted by atomic mass is 10.2. The first-order valence-electron chi connectivity index (χ1n) is 7.86. The number of pyridine rings is 1. The summed E-state index contributed by atoms with van der Waals surface area (Å²) in [5.74, 6) is -0.304. The number of imidazole rings is 1. The second-order valence-corrected chi connectivity index (χ2v) is 6.73. The molecule has 3 aromatic heterocycles. The van der Waals surface area contributed by atoms with Crippen LogP contribution in [0.5, 0.6) is 0 Å². The van der Waals surface area contributed by atoms with Gasteiger partial charge in [-0.2, -0.15) is 0 Å². The fourth-order valence-corrected chi connectivity index (χ4v) is 3.58. The summed E-state index contributed by atoms with van der Waals surface area (Å²) in [6.07, 6.45) is 6.66. The van der Waals surface area contributed by atoms with Crippen molar-refractivity contribution in [1.29, 1.82) is 0 Å². The van der Waals surface area contributed by atoms with E-state index in [0.717, 1.165) is 5.56 Å². The molecule has 0 aliphatic carbocycles. The predicted octanol–water partition coefficient (Wildman–Crippen LogP) is 3.41. The van der Waals surface area contributed by atoms with Crippen molar-refractivity contribution < 1.29 is 9.18 Å². The van der Waals surface area contributed by atoms with Crippen molar-refractivity contribution >= 4 is 32.6 Å². The molecule has 4 aromatic rings. The van der Waals surface area contributed by atoms with Gasteiger partial charge in [0.2, 0.25) is 0 Å². The standard InChI is InChI=1S/C18H14FN5OS/c1-23-8-7-21-16(23)17(25)24(11-12-3-2-6-20-10-12)18-22-14-5-4-13(19)9-15(14)26-18/h2-10H,11H2,1H3. The maximum Gasteiger partial charge on any atom is 0.296 e. The Labute approximate surface area is 152 Å². The Hall–Kier alpha value is -3.13.